The molecular formula is C54H49GeIrN3O-2. The maximum absolute atomic E-state index is 8.89. The fourth-order valence-electron chi connectivity index (χ4n) is 8.22. The number of hydrogen-bond donors (Lipinski definition) is 0. The topological polar surface area (TPSA) is 43.9 Å². The third-order valence-corrected chi connectivity index (χ3v) is 15.9. The largest absolute Gasteiger partial charge is 0 e. The molecule has 3 aromatic heterocycles. The first-order valence-electron chi connectivity index (χ1n) is 21.0. The summed E-state index contributed by atoms with van der Waals surface area (Å²) in [5, 5.41) is 6.96. The van der Waals surface area contributed by atoms with E-state index in [4.69, 9.17) is 10.8 Å². The molecule has 0 spiro atoms. The fraction of sp³-hybridized carbons (Fsp3) is 0.185. The van der Waals surface area contributed by atoms with Gasteiger partial charge in [-0.05, 0) is 52.9 Å². The van der Waals surface area contributed by atoms with Crippen LogP contribution >= 0.6 is 0 Å². The van der Waals surface area contributed by atoms with Gasteiger partial charge in [0, 0.05) is 36.6 Å². The van der Waals surface area contributed by atoms with Crippen LogP contribution in [0, 0.1) is 31.9 Å². The van der Waals surface area contributed by atoms with E-state index in [-0.39, 0.29) is 26.0 Å². The summed E-state index contributed by atoms with van der Waals surface area (Å²) in [5.74, 6) is 7.58. The molecule has 10 aromatic rings. The van der Waals surface area contributed by atoms with Crippen LogP contribution in [0.1, 0.15) is 44.7 Å². The van der Waals surface area contributed by atoms with Crippen LogP contribution in [-0.2, 0) is 20.1 Å². The van der Waals surface area contributed by atoms with Gasteiger partial charge in [-0.15, -0.1) is 17.7 Å². The summed E-state index contributed by atoms with van der Waals surface area (Å²) in [7, 11) is 0. The molecule has 0 bridgehead atoms. The Morgan fingerprint density at radius 1 is 0.750 bits per heavy atom. The molecule has 3 heterocycles. The van der Waals surface area contributed by atoms with E-state index in [1.54, 1.807) is 0 Å². The van der Waals surface area contributed by atoms with Crippen molar-refractivity contribution < 1.29 is 25.9 Å². The molecule has 7 aromatic carbocycles. The Balaban J connectivity index is 0.000000192. The van der Waals surface area contributed by atoms with E-state index in [0.29, 0.717) is 0 Å². The Kier molecular flexibility index (Phi) is 11.1. The summed E-state index contributed by atoms with van der Waals surface area (Å²) >= 11 is -2.08. The quantitative estimate of drug-likeness (QED) is 0.123. The molecule has 60 heavy (non-hydrogen) atoms. The second kappa shape index (κ2) is 16.6. The van der Waals surface area contributed by atoms with E-state index in [0.717, 1.165) is 72.4 Å². The molecule has 0 saturated carbocycles. The zero-order chi connectivity index (χ0) is 41.9. The van der Waals surface area contributed by atoms with Crippen molar-refractivity contribution in [3.05, 3.63) is 168 Å². The van der Waals surface area contributed by atoms with Crippen LogP contribution in [0.15, 0.2) is 144 Å². The van der Waals surface area contributed by atoms with Gasteiger partial charge in [0.2, 0.25) is 0 Å². The first-order valence-corrected chi connectivity index (χ1v) is 27.9. The third-order valence-electron chi connectivity index (χ3n) is 11.6. The SMILES string of the molecule is Cc1ccc2c(c1)oc1c(-c3nc4cc5ccccc5cc4n3-c3cccc4ccccc34)[c-]cc(C)c12.[2H]C(C)(c1cc(-c2[c-]cccc2)nc[c]1[Ge]([CH3])([CH3])[CH3])C(C)C.[Ir]. The van der Waals surface area contributed by atoms with Gasteiger partial charge < -0.3 is 8.98 Å². The first kappa shape index (κ1) is 40.1. The van der Waals surface area contributed by atoms with E-state index in [9.17, 15) is 0 Å². The number of imidazole rings is 1. The van der Waals surface area contributed by atoms with Gasteiger partial charge in [0.25, 0.3) is 0 Å². The number of furan rings is 1. The minimum Gasteiger partial charge on any atom is 0 e. The Bertz CT molecular complexity index is 3230. The smallest absolute Gasteiger partial charge is 0 e. The van der Waals surface area contributed by atoms with Gasteiger partial charge >= 0.3 is 133 Å². The maximum atomic E-state index is 8.89. The van der Waals surface area contributed by atoms with E-state index >= 15 is 0 Å². The Labute approximate surface area is 370 Å². The minimum absolute atomic E-state index is 0. The van der Waals surface area contributed by atoms with Crippen LogP contribution in [0.3, 0.4) is 0 Å². The number of rotatable bonds is 6. The predicted octanol–water partition coefficient (Wildman–Crippen LogP) is 14.2. The van der Waals surface area contributed by atoms with E-state index in [1.807, 2.05) is 37.4 Å². The Morgan fingerprint density at radius 3 is 2.20 bits per heavy atom. The number of hydrogen-bond acceptors (Lipinski definition) is 3. The molecule has 1 atom stereocenters. The number of aryl methyl sites for hydroxylation is 2. The molecule has 0 aliphatic heterocycles. The van der Waals surface area contributed by atoms with Crippen molar-refractivity contribution >= 4 is 72.2 Å². The molecular weight excluding hydrogens is 971 g/mol. The van der Waals surface area contributed by atoms with Gasteiger partial charge in [0.15, 0.2) is 0 Å². The van der Waals surface area contributed by atoms with Crippen LogP contribution in [0.5, 0.6) is 0 Å². The van der Waals surface area contributed by atoms with Gasteiger partial charge in [-0.1, -0.05) is 90.7 Å². The Hall–Kier alpha value is -5.33. The van der Waals surface area contributed by atoms with Crippen molar-refractivity contribution in [1.29, 1.82) is 0 Å². The monoisotopic (exact) mass is 1020 g/mol. The molecule has 0 saturated heterocycles. The van der Waals surface area contributed by atoms with Crippen LogP contribution in [0.2, 0.25) is 17.3 Å². The van der Waals surface area contributed by atoms with Crippen molar-refractivity contribution in [2.45, 2.75) is 57.8 Å². The average molecular weight is 1020 g/mol. The zero-order valence-corrected chi connectivity index (χ0v) is 39.9. The molecule has 1 unspecified atom stereocenters. The number of aromatic nitrogens is 3. The molecule has 6 heteroatoms. The second-order valence-electron chi connectivity index (χ2n) is 17.1. The molecule has 0 amide bonds. The second-order valence-corrected chi connectivity index (χ2v) is 27.7. The van der Waals surface area contributed by atoms with Crippen LogP contribution in [0.25, 0.3) is 82.8 Å². The van der Waals surface area contributed by atoms with E-state index in [2.05, 4.69) is 176 Å². The summed E-state index contributed by atoms with van der Waals surface area (Å²) < 4.78 is 19.1. The number of benzene rings is 7. The standard InChI is InChI=1S/C35H23N2O.C19H26GeN.Ir/c1-21-14-16-27-32(18-21)38-34-28(17-15-22(2)33(27)34)35-36-29-19-24-9-3-4-10-25(24)20-31(29)37(35)30-13-7-11-23-8-5-6-12-26(23)30;1-14(2)15(3)17-12-19(16-10-8-7-9-11-16)21-13-18(17)20(4,5)6;/h3-16,18-20H,1-2H3;7-10,12-15H,1-6H3;/q2*-1;/i;15D;. The first-order chi connectivity index (χ1) is 28.8. The fourth-order valence-corrected chi connectivity index (χ4v) is 11.4. The van der Waals surface area contributed by atoms with Gasteiger partial charge in [0.1, 0.15) is 5.58 Å². The molecule has 0 aliphatic rings. The number of pyridine rings is 1. The maximum Gasteiger partial charge on any atom is 0 e. The summed E-state index contributed by atoms with van der Waals surface area (Å²) in [5.41, 5.74) is 11.1. The van der Waals surface area contributed by atoms with Gasteiger partial charge in [-0.25, -0.2) is 0 Å². The summed E-state index contributed by atoms with van der Waals surface area (Å²) in [6, 6.07) is 53.2. The van der Waals surface area contributed by atoms with Crippen molar-refractivity contribution in [3.63, 3.8) is 0 Å². The van der Waals surface area contributed by atoms with E-state index in [1.165, 1.54) is 31.5 Å². The minimum atomic E-state index is -2.08. The van der Waals surface area contributed by atoms with Gasteiger partial charge in [-0.2, -0.15) is 0 Å². The van der Waals surface area contributed by atoms with Crippen molar-refractivity contribution in [1.82, 2.24) is 14.5 Å². The predicted molar refractivity (Wildman–Crippen MR) is 252 cm³/mol. The summed E-state index contributed by atoms with van der Waals surface area (Å²) in [6.07, 6.45) is 2.03. The van der Waals surface area contributed by atoms with Gasteiger partial charge in [-0.3, -0.25) is 4.98 Å². The summed E-state index contributed by atoms with van der Waals surface area (Å²) in [6.45, 7) is 10.5. The average Bonchev–Trinajstić information content (AvgIpc) is 3.81. The van der Waals surface area contributed by atoms with Crippen LogP contribution in [0.4, 0.5) is 0 Å². The molecule has 0 N–H and O–H groups in total. The molecule has 0 fully saturated rings. The van der Waals surface area contributed by atoms with Gasteiger partial charge in [0.05, 0.1) is 22.4 Å². The molecule has 0 aliphatic carbocycles. The molecule has 4 nitrogen and oxygen atoms in total. The Morgan fingerprint density at radius 2 is 1.47 bits per heavy atom. The van der Waals surface area contributed by atoms with Crippen molar-refractivity contribution in [3.8, 4) is 28.3 Å². The van der Waals surface area contributed by atoms with Crippen molar-refractivity contribution in [2.75, 3.05) is 0 Å². The molecule has 10 rings (SSSR count). The molecule has 301 valence electrons. The molecule has 1 radical (unpaired) electrons. The van der Waals surface area contributed by atoms with Crippen LogP contribution in [-0.4, -0.2) is 27.8 Å². The number of nitrogens with zero attached hydrogens (tertiary/aromatic N) is 3. The summed E-state index contributed by atoms with van der Waals surface area (Å²) in [4.78, 5) is 9.94. The zero-order valence-electron chi connectivity index (χ0n) is 36.4. The van der Waals surface area contributed by atoms with Crippen molar-refractivity contribution in [2.24, 2.45) is 5.92 Å². The van der Waals surface area contributed by atoms with Crippen LogP contribution < -0.4 is 4.40 Å². The number of fused-ring (bicyclic) bond motifs is 6. The third kappa shape index (κ3) is 7.64. The van der Waals surface area contributed by atoms with E-state index < -0.39 is 19.2 Å². The normalized spacial score (nSPS) is 13.1.